The molecule has 0 aliphatic carbocycles. The Morgan fingerprint density at radius 3 is 2.62 bits per heavy atom. The molecule has 0 saturated heterocycles. The number of carbonyl (C=O) groups is 1. The van der Waals surface area contributed by atoms with E-state index in [9.17, 15) is 14.9 Å². The molecule has 0 unspecified atom stereocenters. The zero-order valence-electron chi connectivity index (χ0n) is 17.9. The fourth-order valence-electron chi connectivity index (χ4n) is 3.64. The van der Waals surface area contributed by atoms with Crippen LogP contribution in [0.4, 0.5) is 11.4 Å². The third kappa shape index (κ3) is 3.84. The van der Waals surface area contributed by atoms with E-state index in [1.165, 1.54) is 12.1 Å². The third-order valence-electron chi connectivity index (χ3n) is 5.35. The van der Waals surface area contributed by atoms with Crippen molar-refractivity contribution in [2.75, 3.05) is 5.32 Å². The van der Waals surface area contributed by atoms with Crippen molar-refractivity contribution < 1.29 is 9.72 Å². The highest BCUT2D eigenvalue weighted by molar-refractivity contribution is 6.06. The van der Waals surface area contributed by atoms with E-state index in [0.29, 0.717) is 28.4 Å². The first kappa shape index (κ1) is 20.9. The summed E-state index contributed by atoms with van der Waals surface area (Å²) in [5, 5.41) is 27.1. The molecular weight excluding hydrogens is 434 g/mol. The van der Waals surface area contributed by atoms with Crippen molar-refractivity contribution in [1.82, 2.24) is 24.8 Å². The van der Waals surface area contributed by atoms with Crippen molar-refractivity contribution >= 4 is 22.9 Å². The van der Waals surface area contributed by atoms with Gasteiger partial charge in [0, 0.05) is 46.4 Å². The number of fused-ring (bicyclic) bond motifs is 1. The van der Waals surface area contributed by atoms with Crippen LogP contribution in [0.5, 0.6) is 0 Å². The third-order valence-corrected chi connectivity index (χ3v) is 5.35. The SMILES string of the molecule is Cc1c(C(=O)Nc2cccc(-c3ccc4nnc(-c5cccnc5)n4n3)c2)cccc1[N+](=O)[O-]. The number of hydrogen-bond acceptors (Lipinski definition) is 7. The summed E-state index contributed by atoms with van der Waals surface area (Å²) in [6, 6.07) is 19.0. The minimum Gasteiger partial charge on any atom is -0.322 e. The molecule has 2 aromatic carbocycles. The van der Waals surface area contributed by atoms with Crippen LogP contribution >= 0.6 is 0 Å². The van der Waals surface area contributed by atoms with Crippen molar-refractivity contribution in [2.24, 2.45) is 0 Å². The lowest BCUT2D eigenvalue weighted by Gasteiger charge is -2.10. The molecule has 0 aliphatic rings. The van der Waals surface area contributed by atoms with Crippen LogP contribution in [0.2, 0.25) is 0 Å². The predicted molar refractivity (Wildman–Crippen MR) is 125 cm³/mol. The second kappa shape index (κ2) is 8.51. The Hall–Kier alpha value is -4.99. The summed E-state index contributed by atoms with van der Waals surface area (Å²) in [6.45, 7) is 1.56. The highest BCUT2D eigenvalue weighted by Gasteiger charge is 2.18. The smallest absolute Gasteiger partial charge is 0.273 e. The lowest BCUT2D eigenvalue weighted by Crippen LogP contribution is -2.14. The molecular formula is C24H17N7O3. The average Bonchev–Trinajstić information content (AvgIpc) is 3.28. The van der Waals surface area contributed by atoms with Gasteiger partial charge >= 0.3 is 0 Å². The molecule has 10 heteroatoms. The molecule has 0 spiro atoms. The zero-order chi connectivity index (χ0) is 23.7. The van der Waals surface area contributed by atoms with Crippen LogP contribution < -0.4 is 5.32 Å². The molecule has 3 heterocycles. The summed E-state index contributed by atoms with van der Waals surface area (Å²) in [5.41, 5.74) is 3.78. The van der Waals surface area contributed by atoms with Crippen LogP contribution in [-0.2, 0) is 0 Å². The second-order valence-electron chi connectivity index (χ2n) is 7.50. The van der Waals surface area contributed by atoms with Gasteiger partial charge in [0.2, 0.25) is 0 Å². The summed E-state index contributed by atoms with van der Waals surface area (Å²) < 4.78 is 1.64. The first-order chi connectivity index (χ1) is 16.5. The van der Waals surface area contributed by atoms with Gasteiger partial charge in [-0.2, -0.15) is 9.61 Å². The van der Waals surface area contributed by atoms with Gasteiger partial charge < -0.3 is 5.32 Å². The van der Waals surface area contributed by atoms with Gasteiger partial charge in [-0.1, -0.05) is 18.2 Å². The average molecular weight is 451 g/mol. The molecule has 0 fully saturated rings. The number of nitro benzene ring substituents is 1. The van der Waals surface area contributed by atoms with E-state index in [1.54, 1.807) is 48.1 Å². The Morgan fingerprint density at radius 1 is 1.00 bits per heavy atom. The van der Waals surface area contributed by atoms with Gasteiger partial charge in [0.05, 0.1) is 10.6 Å². The number of benzene rings is 2. The highest BCUT2D eigenvalue weighted by atomic mass is 16.6. The minimum atomic E-state index is -0.501. The van der Waals surface area contributed by atoms with Crippen molar-refractivity contribution in [3.63, 3.8) is 0 Å². The number of amides is 1. The first-order valence-electron chi connectivity index (χ1n) is 10.3. The number of rotatable bonds is 5. The van der Waals surface area contributed by atoms with Crippen molar-refractivity contribution in [3.8, 4) is 22.6 Å². The van der Waals surface area contributed by atoms with E-state index in [1.807, 2.05) is 30.3 Å². The standard InChI is InChI=1S/C24H17N7O3/c1-15-19(8-3-9-21(15)31(33)34)24(32)26-18-7-2-5-16(13-18)20-10-11-22-27-28-23(30(22)29-20)17-6-4-12-25-14-17/h2-14H,1H3,(H,26,32). The monoisotopic (exact) mass is 451 g/mol. The van der Waals surface area contributed by atoms with Gasteiger partial charge in [-0.3, -0.25) is 19.9 Å². The van der Waals surface area contributed by atoms with Gasteiger partial charge in [0.1, 0.15) is 0 Å². The Morgan fingerprint density at radius 2 is 1.82 bits per heavy atom. The fraction of sp³-hybridized carbons (Fsp3) is 0.0417. The molecule has 0 saturated carbocycles. The van der Waals surface area contributed by atoms with Crippen LogP contribution in [0.25, 0.3) is 28.3 Å². The van der Waals surface area contributed by atoms with Gasteiger partial charge in [0.15, 0.2) is 11.5 Å². The number of nitro groups is 1. The lowest BCUT2D eigenvalue weighted by atomic mass is 10.1. The first-order valence-corrected chi connectivity index (χ1v) is 10.3. The number of carbonyl (C=O) groups excluding carboxylic acids is 1. The number of hydrogen-bond donors (Lipinski definition) is 1. The Balaban J connectivity index is 1.46. The quantitative estimate of drug-likeness (QED) is 0.311. The number of pyridine rings is 1. The maximum absolute atomic E-state index is 12.8. The summed E-state index contributed by atoms with van der Waals surface area (Å²) in [6.07, 6.45) is 3.37. The summed E-state index contributed by atoms with van der Waals surface area (Å²) in [5.74, 6) is 0.134. The Labute approximate surface area is 193 Å². The molecule has 3 aromatic heterocycles. The van der Waals surface area contributed by atoms with Gasteiger partial charge in [-0.25, -0.2) is 0 Å². The van der Waals surface area contributed by atoms with Crippen LogP contribution in [0, 0.1) is 17.0 Å². The number of anilines is 1. The van der Waals surface area contributed by atoms with E-state index in [4.69, 9.17) is 0 Å². The van der Waals surface area contributed by atoms with Gasteiger partial charge in [-0.15, -0.1) is 10.2 Å². The Bertz CT molecular complexity index is 1550. The van der Waals surface area contributed by atoms with Crippen molar-refractivity contribution in [3.05, 3.63) is 100 Å². The molecule has 10 nitrogen and oxygen atoms in total. The lowest BCUT2D eigenvalue weighted by molar-refractivity contribution is -0.385. The maximum Gasteiger partial charge on any atom is 0.273 e. The number of aromatic nitrogens is 5. The minimum absolute atomic E-state index is 0.0998. The molecule has 0 atom stereocenters. The molecule has 0 radical (unpaired) electrons. The normalized spacial score (nSPS) is 10.9. The van der Waals surface area contributed by atoms with Crippen LogP contribution in [0.3, 0.4) is 0 Å². The highest BCUT2D eigenvalue weighted by Crippen LogP contribution is 2.25. The van der Waals surface area contributed by atoms with E-state index in [0.717, 1.165) is 11.1 Å². The molecule has 0 aliphatic heterocycles. The summed E-state index contributed by atoms with van der Waals surface area (Å²) >= 11 is 0. The van der Waals surface area contributed by atoms with E-state index in [2.05, 4.69) is 25.6 Å². The molecule has 166 valence electrons. The topological polar surface area (TPSA) is 128 Å². The largest absolute Gasteiger partial charge is 0.322 e. The van der Waals surface area contributed by atoms with E-state index in [-0.39, 0.29) is 11.3 Å². The summed E-state index contributed by atoms with van der Waals surface area (Å²) in [4.78, 5) is 27.6. The maximum atomic E-state index is 12.8. The second-order valence-corrected chi connectivity index (χ2v) is 7.50. The van der Waals surface area contributed by atoms with Gasteiger partial charge in [-0.05, 0) is 49.4 Å². The Kier molecular flexibility index (Phi) is 5.23. The number of nitrogens with zero attached hydrogens (tertiary/aromatic N) is 6. The molecule has 0 bridgehead atoms. The molecule has 1 amide bonds. The zero-order valence-corrected chi connectivity index (χ0v) is 17.9. The van der Waals surface area contributed by atoms with Crippen molar-refractivity contribution in [1.29, 1.82) is 0 Å². The summed E-state index contributed by atoms with van der Waals surface area (Å²) in [7, 11) is 0. The molecule has 34 heavy (non-hydrogen) atoms. The molecule has 5 aromatic rings. The van der Waals surface area contributed by atoms with E-state index >= 15 is 0 Å². The van der Waals surface area contributed by atoms with Crippen LogP contribution in [0.15, 0.2) is 79.1 Å². The predicted octanol–water partition coefficient (Wildman–Crippen LogP) is 4.32. The number of nitrogens with one attached hydrogen (secondary N) is 1. The van der Waals surface area contributed by atoms with Crippen LogP contribution in [-0.4, -0.2) is 35.6 Å². The van der Waals surface area contributed by atoms with Crippen molar-refractivity contribution in [2.45, 2.75) is 6.92 Å². The molecule has 5 rings (SSSR count). The molecule has 1 N–H and O–H groups in total. The van der Waals surface area contributed by atoms with E-state index < -0.39 is 10.8 Å². The van der Waals surface area contributed by atoms with Crippen LogP contribution in [0.1, 0.15) is 15.9 Å². The van der Waals surface area contributed by atoms with Gasteiger partial charge in [0.25, 0.3) is 11.6 Å². The fourth-order valence-corrected chi connectivity index (χ4v) is 3.64.